The van der Waals surface area contributed by atoms with E-state index in [4.69, 9.17) is 14.2 Å². The zero-order chi connectivity index (χ0) is 21.1. The van der Waals surface area contributed by atoms with Crippen LogP contribution in [0, 0.1) is 6.92 Å². The van der Waals surface area contributed by atoms with Crippen LogP contribution in [-0.2, 0) is 11.2 Å². The normalized spacial score (nSPS) is 15.0. The number of anilines is 1. The van der Waals surface area contributed by atoms with E-state index in [1.165, 1.54) is 33.1 Å². The van der Waals surface area contributed by atoms with Crippen LogP contribution in [0.2, 0.25) is 0 Å². The number of hydrogen-bond acceptors (Lipinski definition) is 7. The number of aryl methyl sites for hydroxylation is 1. The van der Waals surface area contributed by atoms with E-state index >= 15 is 0 Å². The number of carbonyl (C=O) groups is 1. The van der Waals surface area contributed by atoms with Crippen LogP contribution in [0.5, 0.6) is 17.2 Å². The summed E-state index contributed by atoms with van der Waals surface area (Å²) >= 11 is 1.50. The van der Waals surface area contributed by atoms with Gasteiger partial charge in [-0.1, -0.05) is 18.7 Å². The Bertz CT molecular complexity index is 964. The molecule has 0 bridgehead atoms. The number of methoxy groups -OCH3 is 3. The Labute approximate surface area is 173 Å². The lowest BCUT2D eigenvalue weighted by molar-refractivity contribution is -0.116. The smallest absolute Gasteiger partial charge is 0.257 e. The summed E-state index contributed by atoms with van der Waals surface area (Å²) < 4.78 is 17.6. The molecular formula is C20H25N3O5S. The molecule has 0 radical (unpaired) electrons. The van der Waals surface area contributed by atoms with Crippen molar-refractivity contribution < 1.29 is 19.0 Å². The van der Waals surface area contributed by atoms with Gasteiger partial charge in [0.2, 0.25) is 11.7 Å². The number of hydrogen-bond donors (Lipinski definition) is 1. The lowest BCUT2D eigenvalue weighted by atomic mass is 10.1. The van der Waals surface area contributed by atoms with Crippen LogP contribution in [-0.4, -0.2) is 42.5 Å². The number of amides is 1. The molecule has 9 heteroatoms. The third kappa shape index (κ3) is 4.05. The molecule has 1 aromatic heterocycles. The summed E-state index contributed by atoms with van der Waals surface area (Å²) in [4.78, 5) is 30.1. The second-order valence-corrected chi connectivity index (χ2v) is 7.61. The Morgan fingerprint density at radius 1 is 1.24 bits per heavy atom. The summed E-state index contributed by atoms with van der Waals surface area (Å²) in [6.07, 6.45) is 0.789. The molecule has 0 saturated carbocycles. The van der Waals surface area contributed by atoms with Gasteiger partial charge in [-0.25, -0.2) is 4.98 Å². The predicted molar refractivity (Wildman–Crippen MR) is 112 cm³/mol. The predicted octanol–water partition coefficient (Wildman–Crippen LogP) is 2.82. The van der Waals surface area contributed by atoms with E-state index < -0.39 is 0 Å². The number of rotatable bonds is 7. The van der Waals surface area contributed by atoms with Gasteiger partial charge >= 0.3 is 0 Å². The summed E-state index contributed by atoms with van der Waals surface area (Å²) in [5.41, 5.74) is 1.94. The maximum absolute atomic E-state index is 12.8. The van der Waals surface area contributed by atoms with Gasteiger partial charge in [0, 0.05) is 41.3 Å². The molecule has 29 heavy (non-hydrogen) atoms. The van der Waals surface area contributed by atoms with E-state index in [-0.39, 0.29) is 23.9 Å². The number of thioether (sulfide) groups is 1. The highest BCUT2D eigenvalue weighted by atomic mass is 32.2. The molecule has 1 aromatic carbocycles. The fourth-order valence-corrected chi connectivity index (χ4v) is 4.64. The lowest BCUT2D eigenvalue weighted by Crippen LogP contribution is -2.30. The minimum Gasteiger partial charge on any atom is -0.493 e. The van der Waals surface area contributed by atoms with Gasteiger partial charge in [0.25, 0.3) is 5.56 Å². The SMILES string of the molecule is CCc1c(C)nc2n(c1=O)C(CC(=O)Nc1cc(OC)c(OC)c(OC)c1)CS2. The number of nitrogens with zero attached hydrogens (tertiary/aromatic N) is 2. The fourth-order valence-electron chi connectivity index (χ4n) is 3.46. The number of nitrogens with one attached hydrogen (secondary N) is 1. The molecule has 8 nitrogen and oxygen atoms in total. The maximum Gasteiger partial charge on any atom is 0.257 e. The topological polar surface area (TPSA) is 91.7 Å². The quantitative estimate of drug-likeness (QED) is 0.690. The Morgan fingerprint density at radius 3 is 2.45 bits per heavy atom. The second-order valence-electron chi connectivity index (χ2n) is 6.62. The maximum atomic E-state index is 12.8. The highest BCUT2D eigenvalue weighted by molar-refractivity contribution is 7.99. The van der Waals surface area contributed by atoms with Crippen molar-refractivity contribution in [1.29, 1.82) is 0 Å². The van der Waals surface area contributed by atoms with Crippen LogP contribution in [0.1, 0.15) is 30.6 Å². The van der Waals surface area contributed by atoms with Crippen LogP contribution < -0.4 is 25.1 Å². The lowest BCUT2D eigenvalue weighted by Gasteiger charge is -2.17. The van der Waals surface area contributed by atoms with E-state index in [0.29, 0.717) is 45.8 Å². The largest absolute Gasteiger partial charge is 0.493 e. The van der Waals surface area contributed by atoms with Crippen LogP contribution in [0.15, 0.2) is 22.1 Å². The second kappa shape index (κ2) is 8.77. The molecule has 1 aliphatic rings. The third-order valence-corrected chi connectivity index (χ3v) is 5.97. The molecule has 0 fully saturated rings. The number of carbonyl (C=O) groups excluding carboxylic acids is 1. The van der Waals surface area contributed by atoms with Crippen molar-refractivity contribution in [2.24, 2.45) is 0 Å². The van der Waals surface area contributed by atoms with E-state index in [0.717, 1.165) is 5.69 Å². The monoisotopic (exact) mass is 419 g/mol. The highest BCUT2D eigenvalue weighted by Gasteiger charge is 2.29. The highest BCUT2D eigenvalue weighted by Crippen LogP contribution is 2.40. The molecule has 0 saturated heterocycles. The molecule has 2 aromatic rings. The molecule has 1 unspecified atom stereocenters. The zero-order valence-electron chi connectivity index (χ0n) is 17.2. The minimum absolute atomic E-state index is 0.0504. The van der Waals surface area contributed by atoms with Crippen molar-refractivity contribution in [3.8, 4) is 17.2 Å². The van der Waals surface area contributed by atoms with Gasteiger partial charge in [0.1, 0.15) is 0 Å². The summed E-state index contributed by atoms with van der Waals surface area (Å²) in [6, 6.07) is 3.11. The number of benzene rings is 1. The number of aromatic nitrogens is 2. The Morgan fingerprint density at radius 2 is 1.90 bits per heavy atom. The first-order valence-corrected chi connectivity index (χ1v) is 10.3. The van der Waals surface area contributed by atoms with Crippen molar-refractivity contribution in [3.05, 3.63) is 33.7 Å². The van der Waals surface area contributed by atoms with Crippen molar-refractivity contribution in [2.45, 2.75) is 37.9 Å². The van der Waals surface area contributed by atoms with Gasteiger partial charge in [-0.2, -0.15) is 0 Å². The van der Waals surface area contributed by atoms with Gasteiger partial charge in [-0.15, -0.1) is 0 Å². The Hall–Kier alpha value is -2.68. The van der Waals surface area contributed by atoms with Crippen molar-refractivity contribution >= 4 is 23.4 Å². The molecule has 1 amide bonds. The van der Waals surface area contributed by atoms with Crippen LogP contribution >= 0.6 is 11.8 Å². The molecule has 0 spiro atoms. The zero-order valence-corrected chi connectivity index (χ0v) is 18.0. The molecule has 3 rings (SSSR count). The van der Waals surface area contributed by atoms with Crippen LogP contribution in [0.4, 0.5) is 5.69 Å². The fraction of sp³-hybridized carbons (Fsp3) is 0.450. The molecular weight excluding hydrogens is 394 g/mol. The van der Waals surface area contributed by atoms with Crippen molar-refractivity contribution in [2.75, 3.05) is 32.4 Å². The first-order chi connectivity index (χ1) is 13.9. The average Bonchev–Trinajstić information content (AvgIpc) is 3.09. The van der Waals surface area contributed by atoms with Gasteiger partial charge < -0.3 is 19.5 Å². The van der Waals surface area contributed by atoms with Crippen LogP contribution in [0.25, 0.3) is 0 Å². The van der Waals surface area contributed by atoms with Crippen molar-refractivity contribution in [3.63, 3.8) is 0 Å². The first-order valence-electron chi connectivity index (χ1n) is 9.28. The molecule has 1 aliphatic heterocycles. The van der Waals surface area contributed by atoms with E-state index in [1.807, 2.05) is 13.8 Å². The van der Waals surface area contributed by atoms with Crippen molar-refractivity contribution in [1.82, 2.24) is 9.55 Å². The van der Waals surface area contributed by atoms with E-state index in [2.05, 4.69) is 10.3 Å². The summed E-state index contributed by atoms with van der Waals surface area (Å²) in [5, 5.41) is 3.54. The third-order valence-electron chi connectivity index (χ3n) is 4.88. The minimum atomic E-state index is -0.233. The van der Waals surface area contributed by atoms with Gasteiger partial charge in [0.15, 0.2) is 16.7 Å². The molecule has 2 heterocycles. The van der Waals surface area contributed by atoms with Crippen LogP contribution in [0.3, 0.4) is 0 Å². The average molecular weight is 420 g/mol. The molecule has 0 aliphatic carbocycles. The molecule has 1 atom stereocenters. The Balaban J connectivity index is 1.81. The standard InChI is InChI=1S/C20H25N3O5S/c1-6-14-11(2)21-20-23(19(14)25)13(10-29-20)9-17(24)22-12-7-15(26-3)18(28-5)16(8-12)27-4/h7-8,13H,6,9-10H2,1-5H3,(H,22,24). The molecule has 156 valence electrons. The first kappa shape index (κ1) is 21.0. The van der Waals surface area contributed by atoms with E-state index in [1.54, 1.807) is 16.7 Å². The van der Waals surface area contributed by atoms with E-state index in [9.17, 15) is 9.59 Å². The number of ether oxygens (including phenoxy) is 3. The summed E-state index contributed by atoms with van der Waals surface area (Å²) in [7, 11) is 4.55. The number of fused-ring (bicyclic) bond motifs is 1. The molecule has 1 N–H and O–H groups in total. The summed E-state index contributed by atoms with van der Waals surface area (Å²) in [6.45, 7) is 3.79. The Kier molecular flexibility index (Phi) is 6.36. The summed E-state index contributed by atoms with van der Waals surface area (Å²) in [5.74, 6) is 1.79. The van der Waals surface area contributed by atoms with Gasteiger partial charge in [-0.05, 0) is 13.3 Å². The van der Waals surface area contributed by atoms with Gasteiger partial charge in [-0.3, -0.25) is 14.2 Å². The van der Waals surface area contributed by atoms with Gasteiger partial charge in [0.05, 0.1) is 27.4 Å².